The Labute approximate surface area is 250 Å². The van der Waals surface area contributed by atoms with E-state index in [4.69, 9.17) is 19.3 Å². The number of aromatic nitrogens is 2. The molecule has 5 rings (SSSR count). The highest BCUT2D eigenvalue weighted by atomic mass is 16.5. The molecule has 1 aromatic heterocycles. The maximum Gasteiger partial charge on any atom is 0.309 e. The molecule has 8 heteroatoms. The number of hydrogen-bond acceptors (Lipinski definition) is 6. The molecule has 5 aromatic rings. The number of carbonyl (C=O) groups excluding carboxylic acids is 2. The topological polar surface area (TPSA) is 91.7 Å². The van der Waals surface area contributed by atoms with Crippen molar-refractivity contribution in [3.05, 3.63) is 107 Å². The lowest BCUT2D eigenvalue weighted by Crippen LogP contribution is -2.11. The molecule has 0 aliphatic heterocycles. The van der Waals surface area contributed by atoms with Crippen LogP contribution in [0, 0.1) is 20.8 Å². The maximum atomic E-state index is 12.8. The molecule has 0 atom stereocenters. The van der Waals surface area contributed by atoms with Gasteiger partial charge >= 0.3 is 5.97 Å². The van der Waals surface area contributed by atoms with Gasteiger partial charge in [0.05, 0.1) is 25.5 Å². The molecule has 43 heavy (non-hydrogen) atoms. The van der Waals surface area contributed by atoms with Crippen LogP contribution in [0.15, 0.2) is 84.9 Å². The summed E-state index contributed by atoms with van der Waals surface area (Å²) in [6.45, 7) is 7.31. The number of esters is 1. The number of methoxy groups -OCH3 is 2. The molecule has 0 unspecified atom stereocenters. The van der Waals surface area contributed by atoms with E-state index >= 15 is 0 Å². The molecule has 218 valence electrons. The molecule has 1 amide bonds. The summed E-state index contributed by atoms with van der Waals surface area (Å²) >= 11 is 0. The second-order valence-electron chi connectivity index (χ2n) is 10.3. The quantitative estimate of drug-likeness (QED) is 0.195. The van der Waals surface area contributed by atoms with Gasteiger partial charge in [-0.3, -0.25) is 9.59 Å². The van der Waals surface area contributed by atoms with Crippen LogP contribution in [0.3, 0.4) is 0 Å². The van der Waals surface area contributed by atoms with Crippen LogP contribution in [0.4, 0.5) is 5.69 Å². The van der Waals surface area contributed by atoms with Crippen molar-refractivity contribution in [3.63, 3.8) is 0 Å². The largest absolute Gasteiger partial charge is 0.497 e. The van der Waals surface area contributed by atoms with Gasteiger partial charge in [-0.25, -0.2) is 0 Å². The van der Waals surface area contributed by atoms with E-state index in [0.29, 0.717) is 39.6 Å². The first kappa shape index (κ1) is 29.1. The van der Waals surface area contributed by atoms with E-state index in [2.05, 4.69) is 5.32 Å². The molecule has 0 fully saturated rings. The molecule has 1 heterocycles. The van der Waals surface area contributed by atoms with Gasteiger partial charge in [0.25, 0.3) is 5.91 Å². The molecule has 0 aliphatic rings. The highest BCUT2D eigenvalue weighted by Gasteiger charge is 2.26. The van der Waals surface area contributed by atoms with Crippen molar-refractivity contribution in [1.82, 2.24) is 9.78 Å². The average molecular weight is 576 g/mol. The van der Waals surface area contributed by atoms with E-state index < -0.39 is 5.97 Å². The van der Waals surface area contributed by atoms with Gasteiger partial charge in [0.15, 0.2) is 0 Å². The summed E-state index contributed by atoms with van der Waals surface area (Å²) < 4.78 is 18.6. The summed E-state index contributed by atoms with van der Waals surface area (Å²) in [4.78, 5) is 25.3. The van der Waals surface area contributed by atoms with E-state index in [1.165, 1.54) is 6.92 Å². The van der Waals surface area contributed by atoms with Crippen molar-refractivity contribution in [2.24, 2.45) is 0 Å². The van der Waals surface area contributed by atoms with Crippen molar-refractivity contribution in [2.45, 2.75) is 27.7 Å². The number of nitrogens with zero attached hydrogens (tertiary/aromatic N) is 2. The van der Waals surface area contributed by atoms with E-state index in [1.807, 2.05) is 87.5 Å². The lowest BCUT2D eigenvalue weighted by molar-refractivity contribution is -0.132. The second kappa shape index (κ2) is 12.2. The van der Waals surface area contributed by atoms with E-state index in [9.17, 15) is 9.59 Å². The lowest BCUT2D eigenvalue weighted by atomic mass is 10.00. The average Bonchev–Trinajstić information content (AvgIpc) is 3.36. The fourth-order valence-electron chi connectivity index (χ4n) is 4.78. The Bertz CT molecular complexity index is 1780. The van der Waals surface area contributed by atoms with Crippen LogP contribution < -0.4 is 19.5 Å². The van der Waals surface area contributed by atoms with Gasteiger partial charge in [-0.2, -0.15) is 9.78 Å². The van der Waals surface area contributed by atoms with Gasteiger partial charge < -0.3 is 19.5 Å². The van der Waals surface area contributed by atoms with Crippen LogP contribution in [-0.4, -0.2) is 35.9 Å². The number of ether oxygens (including phenoxy) is 3. The third kappa shape index (κ3) is 6.28. The fraction of sp³-hybridized carbons (Fsp3) is 0.171. The van der Waals surface area contributed by atoms with Crippen LogP contribution in [0.5, 0.6) is 17.4 Å². The van der Waals surface area contributed by atoms with Crippen molar-refractivity contribution >= 4 is 17.6 Å². The SMILES string of the molecule is COc1cc(OC)cc(-c2nn(-c3cc(C)ccc3C)c(OC(C)=O)c2-c2ccc(NC(=O)c3ccc(C)cc3)cc2)c1. The number of carbonyl (C=O) groups is 2. The molecule has 1 N–H and O–H groups in total. The Morgan fingerprint density at radius 1 is 0.744 bits per heavy atom. The Balaban J connectivity index is 1.68. The zero-order valence-corrected chi connectivity index (χ0v) is 25.0. The van der Waals surface area contributed by atoms with Gasteiger partial charge in [0.2, 0.25) is 5.88 Å². The van der Waals surface area contributed by atoms with Gasteiger partial charge in [-0.1, -0.05) is 42.0 Å². The fourth-order valence-corrected chi connectivity index (χ4v) is 4.78. The summed E-state index contributed by atoms with van der Waals surface area (Å²) in [6.07, 6.45) is 0. The van der Waals surface area contributed by atoms with Crippen molar-refractivity contribution in [3.8, 4) is 45.5 Å². The van der Waals surface area contributed by atoms with E-state index in [0.717, 1.165) is 27.9 Å². The number of rotatable bonds is 8. The minimum atomic E-state index is -0.482. The van der Waals surface area contributed by atoms with E-state index in [-0.39, 0.29) is 11.8 Å². The van der Waals surface area contributed by atoms with Gasteiger partial charge in [-0.15, -0.1) is 0 Å². The lowest BCUT2D eigenvalue weighted by Gasteiger charge is -2.12. The predicted molar refractivity (Wildman–Crippen MR) is 167 cm³/mol. The minimum Gasteiger partial charge on any atom is -0.497 e. The molecule has 0 saturated carbocycles. The standard InChI is InChI=1S/C35H33N3O5/c1-21-8-11-26(12-9-21)34(40)36-28-15-13-25(14-16-28)32-33(27-18-29(41-5)20-30(19-27)42-6)37-38(35(32)43-24(4)39)31-17-22(2)7-10-23(31)3/h7-20H,1-6H3,(H,36,40). The van der Waals surface area contributed by atoms with Crippen molar-refractivity contribution < 1.29 is 23.8 Å². The third-order valence-corrected chi connectivity index (χ3v) is 7.05. The maximum absolute atomic E-state index is 12.8. The van der Waals surface area contributed by atoms with Crippen LogP contribution in [0.2, 0.25) is 0 Å². The number of anilines is 1. The van der Waals surface area contributed by atoms with Gasteiger partial charge in [0, 0.05) is 29.8 Å². The predicted octanol–water partition coefficient (Wildman–Crippen LogP) is 7.33. The molecular formula is C35H33N3O5. The second-order valence-corrected chi connectivity index (χ2v) is 10.3. The minimum absolute atomic E-state index is 0.208. The summed E-state index contributed by atoms with van der Waals surface area (Å²) in [6, 6.07) is 26.2. The molecule has 0 bridgehead atoms. The zero-order chi connectivity index (χ0) is 30.7. The summed E-state index contributed by atoms with van der Waals surface area (Å²) in [5.74, 6) is 0.758. The Morgan fingerprint density at radius 2 is 1.37 bits per heavy atom. The Hall–Kier alpha value is -5.37. The van der Waals surface area contributed by atoms with Crippen LogP contribution in [0.1, 0.15) is 34.0 Å². The molecule has 0 radical (unpaired) electrons. The number of aryl methyl sites for hydroxylation is 3. The molecule has 0 saturated heterocycles. The summed E-state index contributed by atoms with van der Waals surface area (Å²) in [5.41, 5.74) is 7.63. The van der Waals surface area contributed by atoms with Crippen LogP contribution in [0.25, 0.3) is 28.1 Å². The Morgan fingerprint density at radius 3 is 1.98 bits per heavy atom. The molecular weight excluding hydrogens is 542 g/mol. The molecule has 8 nitrogen and oxygen atoms in total. The highest BCUT2D eigenvalue weighted by Crippen LogP contribution is 2.43. The molecule has 0 spiro atoms. The number of hydrogen-bond donors (Lipinski definition) is 1. The first-order valence-electron chi connectivity index (χ1n) is 13.8. The van der Waals surface area contributed by atoms with Crippen molar-refractivity contribution in [1.29, 1.82) is 0 Å². The first-order valence-corrected chi connectivity index (χ1v) is 13.8. The third-order valence-electron chi connectivity index (χ3n) is 7.05. The molecule has 0 aliphatic carbocycles. The van der Waals surface area contributed by atoms with Crippen LogP contribution >= 0.6 is 0 Å². The summed E-state index contributed by atoms with van der Waals surface area (Å²) in [5, 5.41) is 7.96. The number of amides is 1. The van der Waals surface area contributed by atoms with Crippen LogP contribution in [-0.2, 0) is 4.79 Å². The zero-order valence-electron chi connectivity index (χ0n) is 25.0. The van der Waals surface area contributed by atoms with Gasteiger partial charge in [-0.05, 0) is 79.9 Å². The van der Waals surface area contributed by atoms with Gasteiger partial charge in [0.1, 0.15) is 17.2 Å². The monoisotopic (exact) mass is 575 g/mol. The number of nitrogens with one attached hydrogen (secondary N) is 1. The smallest absolute Gasteiger partial charge is 0.309 e. The summed E-state index contributed by atoms with van der Waals surface area (Å²) in [7, 11) is 3.17. The first-order chi connectivity index (χ1) is 20.7. The Kier molecular flexibility index (Phi) is 8.29. The number of benzene rings is 4. The van der Waals surface area contributed by atoms with E-state index in [1.54, 1.807) is 37.1 Å². The normalized spacial score (nSPS) is 10.7. The van der Waals surface area contributed by atoms with Crippen molar-refractivity contribution in [2.75, 3.05) is 19.5 Å². The molecule has 4 aromatic carbocycles. The highest BCUT2D eigenvalue weighted by molar-refractivity contribution is 6.04.